The van der Waals surface area contributed by atoms with E-state index in [0.717, 1.165) is 5.39 Å². The summed E-state index contributed by atoms with van der Waals surface area (Å²) in [7, 11) is 1.49. The van der Waals surface area contributed by atoms with Crippen LogP contribution in [0.1, 0.15) is 5.69 Å². The number of H-pyrrole nitrogens is 1. The number of aliphatic hydroxyl groups excluding tert-OH is 1. The molecule has 1 aromatic carbocycles. The van der Waals surface area contributed by atoms with Crippen molar-refractivity contribution in [2.75, 3.05) is 7.11 Å². The lowest BCUT2D eigenvalue weighted by Crippen LogP contribution is -1.85. The molecule has 0 aliphatic carbocycles. The van der Waals surface area contributed by atoms with Crippen LogP contribution in [-0.4, -0.2) is 17.2 Å². The standard InChI is InChI=1S/C10H10FNO2/c1-14-10-3-6(11)2-9-8(10)4-7(5-13)12-9/h2-4,12-13H,5H2,1H3. The zero-order valence-corrected chi connectivity index (χ0v) is 7.67. The van der Waals surface area contributed by atoms with Crippen molar-refractivity contribution in [3.05, 3.63) is 29.7 Å². The number of aliphatic hydroxyl groups is 1. The number of rotatable bonds is 2. The molecule has 0 bridgehead atoms. The molecule has 2 N–H and O–H groups in total. The van der Waals surface area contributed by atoms with Crippen LogP contribution < -0.4 is 4.74 Å². The van der Waals surface area contributed by atoms with Crippen molar-refractivity contribution >= 4 is 10.9 Å². The fraction of sp³-hybridized carbons (Fsp3) is 0.200. The number of ether oxygens (including phenoxy) is 1. The maximum Gasteiger partial charge on any atom is 0.131 e. The van der Waals surface area contributed by atoms with E-state index in [1.807, 2.05) is 0 Å². The van der Waals surface area contributed by atoms with Crippen LogP contribution >= 0.6 is 0 Å². The highest BCUT2D eigenvalue weighted by Gasteiger charge is 2.07. The Bertz CT molecular complexity index is 464. The first kappa shape index (κ1) is 9.02. The van der Waals surface area contributed by atoms with E-state index in [1.165, 1.54) is 19.2 Å². The summed E-state index contributed by atoms with van der Waals surface area (Å²) in [4.78, 5) is 2.89. The first-order valence-corrected chi connectivity index (χ1v) is 4.20. The molecule has 0 saturated heterocycles. The summed E-state index contributed by atoms with van der Waals surface area (Å²) in [6.07, 6.45) is 0. The number of fused-ring (bicyclic) bond motifs is 1. The van der Waals surface area contributed by atoms with Gasteiger partial charge in [0.1, 0.15) is 11.6 Å². The predicted octanol–water partition coefficient (Wildman–Crippen LogP) is 1.81. The van der Waals surface area contributed by atoms with Crippen LogP contribution in [0.15, 0.2) is 18.2 Å². The Balaban J connectivity index is 2.71. The van der Waals surface area contributed by atoms with Crippen LogP contribution in [0.25, 0.3) is 10.9 Å². The Morgan fingerprint density at radius 3 is 2.86 bits per heavy atom. The second kappa shape index (κ2) is 3.31. The molecule has 0 aliphatic rings. The van der Waals surface area contributed by atoms with Crippen LogP contribution in [0.4, 0.5) is 4.39 Å². The maximum absolute atomic E-state index is 13.0. The van der Waals surface area contributed by atoms with E-state index in [-0.39, 0.29) is 12.4 Å². The molecule has 2 aromatic rings. The maximum atomic E-state index is 13.0. The smallest absolute Gasteiger partial charge is 0.131 e. The Kier molecular flexibility index (Phi) is 2.13. The summed E-state index contributed by atoms with van der Waals surface area (Å²) in [5, 5.41) is 9.68. The Morgan fingerprint density at radius 2 is 2.21 bits per heavy atom. The third kappa shape index (κ3) is 1.33. The minimum Gasteiger partial charge on any atom is -0.496 e. The van der Waals surface area contributed by atoms with E-state index in [2.05, 4.69) is 4.98 Å². The van der Waals surface area contributed by atoms with Gasteiger partial charge in [-0.2, -0.15) is 0 Å². The van der Waals surface area contributed by atoms with E-state index >= 15 is 0 Å². The van der Waals surface area contributed by atoms with Crippen molar-refractivity contribution in [3.63, 3.8) is 0 Å². The monoisotopic (exact) mass is 195 g/mol. The normalized spacial score (nSPS) is 10.8. The molecular formula is C10H10FNO2. The van der Waals surface area contributed by atoms with Crippen molar-refractivity contribution in [2.24, 2.45) is 0 Å². The third-order valence-electron chi connectivity index (χ3n) is 2.11. The highest BCUT2D eigenvalue weighted by atomic mass is 19.1. The van der Waals surface area contributed by atoms with Gasteiger partial charge < -0.3 is 14.8 Å². The Morgan fingerprint density at radius 1 is 1.43 bits per heavy atom. The summed E-state index contributed by atoms with van der Waals surface area (Å²) in [5.74, 6) is 0.108. The average Bonchev–Trinajstić information content (AvgIpc) is 2.59. The molecule has 0 saturated carbocycles. The number of aromatic nitrogens is 1. The molecule has 2 rings (SSSR count). The van der Waals surface area contributed by atoms with E-state index in [0.29, 0.717) is 17.0 Å². The van der Waals surface area contributed by atoms with Gasteiger partial charge in [0, 0.05) is 17.1 Å². The molecule has 0 fully saturated rings. The van der Waals surface area contributed by atoms with Gasteiger partial charge in [-0.05, 0) is 12.1 Å². The van der Waals surface area contributed by atoms with Crippen molar-refractivity contribution in [3.8, 4) is 5.75 Å². The van der Waals surface area contributed by atoms with E-state index in [1.54, 1.807) is 6.07 Å². The molecular weight excluding hydrogens is 185 g/mol. The lowest BCUT2D eigenvalue weighted by atomic mass is 10.2. The summed E-state index contributed by atoms with van der Waals surface area (Å²) >= 11 is 0. The van der Waals surface area contributed by atoms with Crippen LogP contribution in [0, 0.1) is 5.82 Å². The second-order valence-corrected chi connectivity index (χ2v) is 3.02. The van der Waals surface area contributed by atoms with Crippen LogP contribution in [0.3, 0.4) is 0 Å². The molecule has 0 radical (unpaired) electrons. The van der Waals surface area contributed by atoms with Crippen molar-refractivity contribution in [2.45, 2.75) is 6.61 Å². The van der Waals surface area contributed by atoms with Gasteiger partial charge in [0.2, 0.25) is 0 Å². The largest absolute Gasteiger partial charge is 0.496 e. The number of hydrogen-bond donors (Lipinski definition) is 2. The van der Waals surface area contributed by atoms with Gasteiger partial charge in [-0.15, -0.1) is 0 Å². The van der Waals surface area contributed by atoms with Gasteiger partial charge in [-0.1, -0.05) is 0 Å². The average molecular weight is 195 g/mol. The highest BCUT2D eigenvalue weighted by molar-refractivity contribution is 5.86. The molecule has 0 atom stereocenters. The molecule has 1 heterocycles. The van der Waals surface area contributed by atoms with E-state index in [4.69, 9.17) is 9.84 Å². The molecule has 0 amide bonds. The first-order chi connectivity index (χ1) is 6.74. The fourth-order valence-electron chi connectivity index (χ4n) is 1.48. The van der Waals surface area contributed by atoms with Gasteiger partial charge in [-0.25, -0.2) is 4.39 Å². The topological polar surface area (TPSA) is 45.2 Å². The molecule has 0 aliphatic heterocycles. The predicted molar refractivity (Wildman–Crippen MR) is 50.7 cm³/mol. The lowest BCUT2D eigenvalue weighted by Gasteiger charge is -2.00. The highest BCUT2D eigenvalue weighted by Crippen LogP contribution is 2.27. The molecule has 1 aromatic heterocycles. The second-order valence-electron chi connectivity index (χ2n) is 3.02. The molecule has 0 spiro atoms. The molecule has 4 heteroatoms. The number of aromatic amines is 1. The number of nitrogens with one attached hydrogen (secondary N) is 1. The number of methoxy groups -OCH3 is 1. The van der Waals surface area contributed by atoms with Crippen LogP contribution in [0.5, 0.6) is 5.75 Å². The number of hydrogen-bond acceptors (Lipinski definition) is 2. The van der Waals surface area contributed by atoms with E-state index < -0.39 is 0 Å². The molecule has 14 heavy (non-hydrogen) atoms. The summed E-state index contributed by atoms with van der Waals surface area (Å²) in [5.41, 5.74) is 1.27. The van der Waals surface area contributed by atoms with Crippen molar-refractivity contribution < 1.29 is 14.2 Å². The summed E-state index contributed by atoms with van der Waals surface area (Å²) in [6.45, 7) is -0.0978. The van der Waals surface area contributed by atoms with Gasteiger partial charge in [0.15, 0.2) is 0 Å². The minimum atomic E-state index is -0.360. The number of benzene rings is 1. The SMILES string of the molecule is COc1cc(F)cc2[nH]c(CO)cc12. The minimum absolute atomic E-state index is 0.0978. The van der Waals surface area contributed by atoms with Crippen molar-refractivity contribution in [1.82, 2.24) is 4.98 Å². The third-order valence-corrected chi connectivity index (χ3v) is 2.11. The fourth-order valence-corrected chi connectivity index (χ4v) is 1.48. The summed E-state index contributed by atoms with van der Waals surface area (Å²) in [6, 6.07) is 4.43. The Hall–Kier alpha value is -1.55. The zero-order chi connectivity index (χ0) is 10.1. The van der Waals surface area contributed by atoms with Crippen molar-refractivity contribution in [1.29, 1.82) is 0 Å². The number of halogens is 1. The lowest BCUT2D eigenvalue weighted by molar-refractivity contribution is 0.278. The van der Waals surface area contributed by atoms with Gasteiger partial charge in [-0.3, -0.25) is 0 Å². The first-order valence-electron chi connectivity index (χ1n) is 4.20. The quantitative estimate of drug-likeness (QED) is 0.767. The molecule has 74 valence electrons. The van der Waals surface area contributed by atoms with Gasteiger partial charge >= 0.3 is 0 Å². The van der Waals surface area contributed by atoms with E-state index in [9.17, 15) is 4.39 Å². The molecule has 3 nitrogen and oxygen atoms in total. The van der Waals surface area contributed by atoms with Gasteiger partial charge in [0.05, 0.1) is 19.2 Å². The molecule has 0 unspecified atom stereocenters. The Labute approximate surface area is 80.1 Å². The van der Waals surface area contributed by atoms with Gasteiger partial charge in [0.25, 0.3) is 0 Å². The zero-order valence-electron chi connectivity index (χ0n) is 7.67. The van der Waals surface area contributed by atoms with Crippen LogP contribution in [-0.2, 0) is 6.61 Å². The summed E-state index contributed by atoms with van der Waals surface area (Å²) < 4.78 is 18.1. The van der Waals surface area contributed by atoms with Crippen LogP contribution in [0.2, 0.25) is 0 Å².